The molecule has 0 aliphatic carbocycles. The zero-order chi connectivity index (χ0) is 21.6. The van der Waals surface area contributed by atoms with Gasteiger partial charge < -0.3 is 4.90 Å². The van der Waals surface area contributed by atoms with E-state index in [0.29, 0.717) is 6.54 Å². The van der Waals surface area contributed by atoms with Gasteiger partial charge in [0.15, 0.2) is 0 Å². The fourth-order valence-corrected chi connectivity index (χ4v) is 5.76. The molecule has 0 aromatic heterocycles. The number of fused-ring (bicyclic) bond motifs is 2. The van der Waals surface area contributed by atoms with Crippen LogP contribution in [0.1, 0.15) is 23.6 Å². The number of nitrogens with zero attached hydrogens (tertiary/aromatic N) is 2. The zero-order valence-corrected chi connectivity index (χ0v) is 17.9. The highest BCUT2D eigenvalue weighted by Gasteiger charge is 2.60. The Hall–Kier alpha value is -3.12. The third kappa shape index (κ3) is 3.05. The normalized spacial score (nSPS) is 20.1. The topological polar surface area (TPSA) is 40.6 Å². The third-order valence-electron chi connectivity index (χ3n) is 5.89. The summed E-state index contributed by atoms with van der Waals surface area (Å²) in [6.07, 6.45) is 0.844. The highest BCUT2D eigenvalue weighted by Crippen LogP contribution is 2.55. The lowest BCUT2D eigenvalue weighted by molar-refractivity contribution is -0.123. The number of carbonyl (C=O) groups is 2. The SMILES string of the molecule is CCc1cccc(N2C(=O)CS[C@@]23C(=O)N(Cc2ccc(F)cc2)c2ccccc23)c1. The number of hydrogen-bond acceptors (Lipinski definition) is 3. The molecule has 0 radical (unpaired) electrons. The smallest absolute Gasteiger partial charge is 0.269 e. The Kier molecular flexibility index (Phi) is 4.82. The van der Waals surface area contributed by atoms with Crippen LogP contribution < -0.4 is 9.80 Å². The van der Waals surface area contributed by atoms with Crippen molar-refractivity contribution in [3.8, 4) is 0 Å². The number of halogens is 1. The lowest BCUT2D eigenvalue weighted by Crippen LogP contribution is -2.49. The molecule has 5 rings (SSSR count). The number of aryl methyl sites for hydroxylation is 1. The maximum atomic E-state index is 14.0. The highest BCUT2D eigenvalue weighted by molar-refractivity contribution is 8.02. The van der Waals surface area contributed by atoms with Gasteiger partial charge in [-0.25, -0.2) is 4.39 Å². The lowest BCUT2D eigenvalue weighted by Gasteiger charge is -2.33. The van der Waals surface area contributed by atoms with E-state index in [1.54, 1.807) is 21.9 Å². The Balaban J connectivity index is 1.63. The third-order valence-corrected chi connectivity index (χ3v) is 7.28. The van der Waals surface area contributed by atoms with Gasteiger partial charge in [-0.05, 0) is 47.9 Å². The number of amides is 2. The summed E-state index contributed by atoms with van der Waals surface area (Å²) in [7, 11) is 0. The molecule has 0 unspecified atom stereocenters. The van der Waals surface area contributed by atoms with Crippen molar-refractivity contribution < 1.29 is 14.0 Å². The van der Waals surface area contributed by atoms with Gasteiger partial charge in [0.05, 0.1) is 18.0 Å². The van der Waals surface area contributed by atoms with Crippen molar-refractivity contribution in [3.63, 3.8) is 0 Å². The van der Waals surface area contributed by atoms with E-state index in [9.17, 15) is 14.0 Å². The van der Waals surface area contributed by atoms with Gasteiger partial charge in [-0.15, -0.1) is 11.8 Å². The van der Waals surface area contributed by atoms with E-state index in [4.69, 9.17) is 0 Å². The summed E-state index contributed by atoms with van der Waals surface area (Å²) in [6, 6.07) is 21.6. The summed E-state index contributed by atoms with van der Waals surface area (Å²) in [5.74, 6) is -0.297. The van der Waals surface area contributed by atoms with Gasteiger partial charge in [0, 0.05) is 11.3 Å². The molecule has 2 aliphatic rings. The molecule has 2 amide bonds. The maximum Gasteiger partial charge on any atom is 0.269 e. The van der Waals surface area contributed by atoms with Crippen molar-refractivity contribution in [1.82, 2.24) is 0 Å². The van der Waals surface area contributed by atoms with Gasteiger partial charge in [0.25, 0.3) is 5.91 Å². The predicted octanol–water partition coefficient (Wildman–Crippen LogP) is 4.87. The Morgan fingerprint density at radius 3 is 2.52 bits per heavy atom. The maximum absolute atomic E-state index is 14.0. The van der Waals surface area contributed by atoms with E-state index in [-0.39, 0.29) is 23.4 Å². The van der Waals surface area contributed by atoms with E-state index in [1.165, 1.54) is 23.9 Å². The first-order chi connectivity index (χ1) is 15.0. The number of anilines is 2. The minimum atomic E-state index is -1.12. The molecule has 1 fully saturated rings. The van der Waals surface area contributed by atoms with Crippen LogP contribution in [0.25, 0.3) is 0 Å². The average Bonchev–Trinajstić information content (AvgIpc) is 3.26. The van der Waals surface area contributed by atoms with E-state index in [1.807, 2.05) is 48.5 Å². The molecule has 156 valence electrons. The first-order valence-electron chi connectivity index (χ1n) is 10.3. The van der Waals surface area contributed by atoms with Gasteiger partial charge in [0.1, 0.15) is 5.82 Å². The minimum Gasteiger partial charge on any atom is -0.304 e. The molecule has 2 heterocycles. The van der Waals surface area contributed by atoms with Crippen LogP contribution in [0.3, 0.4) is 0 Å². The number of para-hydroxylation sites is 1. The van der Waals surface area contributed by atoms with Crippen molar-refractivity contribution >= 4 is 35.0 Å². The van der Waals surface area contributed by atoms with E-state index >= 15 is 0 Å². The minimum absolute atomic E-state index is 0.0787. The van der Waals surface area contributed by atoms with Crippen molar-refractivity contribution in [2.45, 2.75) is 24.8 Å². The van der Waals surface area contributed by atoms with Gasteiger partial charge in [-0.2, -0.15) is 0 Å². The van der Waals surface area contributed by atoms with Crippen LogP contribution in [0.2, 0.25) is 0 Å². The van der Waals surface area contributed by atoms with Gasteiger partial charge >= 0.3 is 0 Å². The second-order valence-corrected chi connectivity index (χ2v) is 8.89. The van der Waals surface area contributed by atoms with E-state index in [2.05, 4.69) is 6.92 Å². The van der Waals surface area contributed by atoms with Crippen LogP contribution in [0.5, 0.6) is 0 Å². The number of benzene rings is 3. The predicted molar refractivity (Wildman–Crippen MR) is 121 cm³/mol. The molecule has 0 saturated carbocycles. The summed E-state index contributed by atoms with van der Waals surface area (Å²) < 4.78 is 13.4. The molecular weight excluding hydrogens is 411 g/mol. The van der Waals surface area contributed by atoms with Gasteiger partial charge in [-0.1, -0.05) is 49.4 Å². The number of carbonyl (C=O) groups excluding carboxylic acids is 2. The monoisotopic (exact) mass is 432 g/mol. The summed E-state index contributed by atoms with van der Waals surface area (Å²) in [5, 5.41) is 0. The molecule has 0 N–H and O–H groups in total. The largest absolute Gasteiger partial charge is 0.304 e. The van der Waals surface area contributed by atoms with Crippen molar-refractivity contribution in [2.24, 2.45) is 0 Å². The van der Waals surface area contributed by atoms with Crippen LogP contribution in [-0.2, 0) is 27.4 Å². The summed E-state index contributed by atoms with van der Waals surface area (Å²) >= 11 is 1.37. The Labute approximate surface area is 184 Å². The molecule has 2 aliphatic heterocycles. The zero-order valence-electron chi connectivity index (χ0n) is 17.0. The molecule has 31 heavy (non-hydrogen) atoms. The summed E-state index contributed by atoms with van der Waals surface area (Å²) in [4.78, 5) is 29.3. The Morgan fingerprint density at radius 1 is 0.968 bits per heavy atom. The molecular formula is C25H21FN2O2S. The summed E-state index contributed by atoms with van der Waals surface area (Å²) in [6.45, 7) is 2.38. The van der Waals surface area contributed by atoms with Crippen LogP contribution in [-0.4, -0.2) is 17.6 Å². The molecule has 6 heteroatoms. The van der Waals surface area contributed by atoms with Crippen molar-refractivity contribution in [3.05, 3.63) is 95.3 Å². The van der Waals surface area contributed by atoms with Gasteiger partial charge in [0.2, 0.25) is 10.8 Å². The standard InChI is InChI=1S/C25H21FN2O2S/c1-2-17-6-5-7-20(14-17)28-23(29)16-31-25(28)21-8-3-4-9-22(21)27(24(25)30)15-18-10-12-19(26)13-11-18/h3-14H,2,15-16H2,1H3/t25-/m0/s1. The summed E-state index contributed by atoms with van der Waals surface area (Å²) in [5.41, 5.74) is 4.28. The first kappa shape index (κ1) is 19.8. The molecule has 1 saturated heterocycles. The Bertz CT molecular complexity index is 1180. The molecule has 0 bridgehead atoms. The lowest BCUT2D eigenvalue weighted by atomic mass is 10.0. The molecule has 3 aromatic carbocycles. The Morgan fingerprint density at radius 2 is 1.74 bits per heavy atom. The molecule has 1 spiro atoms. The number of rotatable bonds is 4. The van der Waals surface area contributed by atoms with Crippen LogP contribution in [0.4, 0.5) is 15.8 Å². The van der Waals surface area contributed by atoms with Crippen molar-refractivity contribution in [1.29, 1.82) is 0 Å². The number of thioether (sulfide) groups is 1. The van der Waals surface area contributed by atoms with Crippen LogP contribution in [0.15, 0.2) is 72.8 Å². The molecule has 3 aromatic rings. The number of hydrogen-bond donors (Lipinski definition) is 0. The van der Waals surface area contributed by atoms with Crippen LogP contribution in [0, 0.1) is 5.82 Å². The fraction of sp³-hybridized carbons (Fsp3) is 0.200. The second-order valence-electron chi connectivity index (χ2n) is 7.72. The average molecular weight is 433 g/mol. The van der Waals surface area contributed by atoms with Crippen molar-refractivity contribution in [2.75, 3.05) is 15.6 Å². The van der Waals surface area contributed by atoms with E-state index in [0.717, 1.165) is 34.5 Å². The fourth-order valence-electron chi connectivity index (χ4n) is 4.40. The second kappa shape index (κ2) is 7.54. The molecule has 1 atom stereocenters. The first-order valence-corrected chi connectivity index (χ1v) is 11.2. The molecule has 4 nitrogen and oxygen atoms in total. The highest BCUT2D eigenvalue weighted by atomic mass is 32.2. The van der Waals surface area contributed by atoms with Gasteiger partial charge in [-0.3, -0.25) is 14.5 Å². The van der Waals surface area contributed by atoms with E-state index < -0.39 is 4.87 Å². The van der Waals surface area contributed by atoms with Crippen LogP contribution >= 0.6 is 11.8 Å². The quantitative estimate of drug-likeness (QED) is 0.591.